The van der Waals surface area contributed by atoms with E-state index in [-0.39, 0.29) is 18.4 Å². The van der Waals surface area contributed by atoms with Crippen LogP contribution in [0.5, 0.6) is 0 Å². The topological polar surface area (TPSA) is 117 Å². The molecule has 11 heteroatoms. The summed E-state index contributed by atoms with van der Waals surface area (Å²) in [4.78, 5) is 39.2. The number of aryl methyl sites for hydroxylation is 1. The first-order valence-corrected chi connectivity index (χ1v) is 13.4. The third-order valence-electron chi connectivity index (χ3n) is 6.50. The van der Waals surface area contributed by atoms with Crippen molar-refractivity contribution in [3.63, 3.8) is 0 Å². The van der Waals surface area contributed by atoms with Crippen LogP contribution in [0.15, 0.2) is 40.9 Å². The van der Waals surface area contributed by atoms with Crippen LogP contribution in [0.4, 0.5) is 5.95 Å². The Hall–Kier alpha value is -3.54. The quantitative estimate of drug-likeness (QED) is 0.370. The van der Waals surface area contributed by atoms with E-state index >= 15 is 0 Å². The molecule has 1 aliphatic heterocycles. The van der Waals surface area contributed by atoms with Gasteiger partial charge in [-0.25, -0.2) is 9.97 Å². The smallest absolute Gasteiger partial charge is 0.268 e. The molecule has 0 saturated carbocycles. The molecule has 0 aliphatic carbocycles. The number of amides is 2. The number of aromatic nitrogens is 3. The molecule has 200 valence electrons. The Morgan fingerprint density at radius 3 is 2.58 bits per heavy atom. The van der Waals surface area contributed by atoms with E-state index in [1.54, 1.807) is 40.0 Å². The highest BCUT2D eigenvalue weighted by Gasteiger charge is 2.23. The molecule has 0 bridgehead atoms. The maximum absolute atomic E-state index is 13.2. The van der Waals surface area contributed by atoms with E-state index in [1.165, 1.54) is 11.3 Å². The summed E-state index contributed by atoms with van der Waals surface area (Å²) in [6.45, 7) is 11.0. The number of rotatable bonds is 7. The van der Waals surface area contributed by atoms with E-state index in [4.69, 9.17) is 9.40 Å². The monoisotopic (exact) mass is 536 g/mol. The lowest BCUT2D eigenvalue weighted by Gasteiger charge is -2.34. The number of benzene rings is 1. The number of thiophene rings is 1. The van der Waals surface area contributed by atoms with Gasteiger partial charge in [0.2, 0.25) is 11.9 Å². The lowest BCUT2D eigenvalue weighted by Crippen LogP contribution is -2.47. The van der Waals surface area contributed by atoms with Gasteiger partial charge in [0.05, 0.1) is 39.1 Å². The number of nitrogens with zero attached hydrogens (tertiary/aromatic N) is 5. The van der Waals surface area contributed by atoms with Crippen molar-refractivity contribution in [1.29, 1.82) is 0 Å². The van der Waals surface area contributed by atoms with Crippen molar-refractivity contribution in [3.05, 3.63) is 52.9 Å². The van der Waals surface area contributed by atoms with E-state index in [2.05, 4.69) is 21.3 Å². The second-order valence-corrected chi connectivity index (χ2v) is 11.4. The molecule has 5 rings (SSSR count). The zero-order valence-electron chi connectivity index (χ0n) is 22.0. The minimum atomic E-state index is -1.01. The number of oxazole rings is 1. The highest BCUT2D eigenvalue weighted by molar-refractivity contribution is 7.17. The summed E-state index contributed by atoms with van der Waals surface area (Å²) < 4.78 is 7.42. The molecule has 1 fully saturated rings. The standard InChI is InChI=1S/C27H32N6O4S/c1-17-28-14-22(37-17)23-7-8-24(38-23)25(35)30-26-29-20-13-19(5-6-21(20)33(26)16-27(3,4)36)15-31-9-11-32(12-10-31)18(2)34/h5-8,13-14,36H,9-12,15-16H2,1-4H3,(H,29,30,35). The number of carbonyl (C=O) groups is 2. The molecule has 0 unspecified atom stereocenters. The van der Waals surface area contributed by atoms with Crippen molar-refractivity contribution in [1.82, 2.24) is 24.3 Å². The maximum Gasteiger partial charge on any atom is 0.268 e. The molecule has 2 N–H and O–H groups in total. The molecule has 0 radical (unpaired) electrons. The number of fused-ring (bicyclic) bond motifs is 1. The number of hydrogen-bond donors (Lipinski definition) is 2. The lowest BCUT2D eigenvalue weighted by molar-refractivity contribution is -0.130. The van der Waals surface area contributed by atoms with Gasteiger partial charge in [-0.15, -0.1) is 11.3 Å². The fraction of sp³-hybridized carbons (Fsp3) is 0.407. The van der Waals surface area contributed by atoms with Crippen molar-refractivity contribution in [2.75, 3.05) is 31.5 Å². The minimum Gasteiger partial charge on any atom is -0.440 e. The van der Waals surface area contributed by atoms with E-state index in [0.29, 0.717) is 22.5 Å². The molecule has 2 amide bonds. The van der Waals surface area contributed by atoms with Gasteiger partial charge < -0.3 is 19.0 Å². The van der Waals surface area contributed by atoms with Crippen molar-refractivity contribution < 1.29 is 19.1 Å². The number of piperazine rings is 1. The summed E-state index contributed by atoms with van der Waals surface area (Å²) in [6, 6.07) is 9.65. The molecule has 0 atom stereocenters. The van der Waals surface area contributed by atoms with Crippen molar-refractivity contribution in [2.24, 2.45) is 0 Å². The molecular formula is C27H32N6O4S. The first-order valence-electron chi connectivity index (χ1n) is 12.6. The molecule has 3 aromatic heterocycles. The van der Waals surface area contributed by atoms with Gasteiger partial charge >= 0.3 is 0 Å². The van der Waals surface area contributed by atoms with Crippen LogP contribution in [-0.2, 0) is 17.9 Å². The SMILES string of the molecule is CC(=O)N1CCN(Cc2ccc3c(c2)nc(NC(=O)c2ccc(-c4cnc(C)o4)s2)n3CC(C)(C)O)CC1. The average molecular weight is 537 g/mol. The van der Waals surface area contributed by atoms with Gasteiger partial charge in [0.1, 0.15) is 0 Å². The highest BCUT2D eigenvalue weighted by atomic mass is 32.1. The average Bonchev–Trinajstić information content (AvgIpc) is 3.58. The highest BCUT2D eigenvalue weighted by Crippen LogP contribution is 2.30. The largest absolute Gasteiger partial charge is 0.440 e. The summed E-state index contributed by atoms with van der Waals surface area (Å²) in [5.74, 6) is 1.40. The zero-order valence-corrected chi connectivity index (χ0v) is 22.8. The molecule has 4 aromatic rings. The Bertz CT molecular complexity index is 1470. The number of nitrogens with one attached hydrogen (secondary N) is 1. The summed E-state index contributed by atoms with van der Waals surface area (Å²) in [5, 5.41) is 13.5. The predicted octanol–water partition coefficient (Wildman–Crippen LogP) is 3.75. The van der Waals surface area contributed by atoms with Crippen LogP contribution < -0.4 is 5.32 Å². The third kappa shape index (κ3) is 5.79. The van der Waals surface area contributed by atoms with Crippen LogP contribution >= 0.6 is 11.3 Å². The number of aliphatic hydroxyl groups is 1. The van der Waals surface area contributed by atoms with E-state index < -0.39 is 5.60 Å². The summed E-state index contributed by atoms with van der Waals surface area (Å²) in [5.41, 5.74) is 1.66. The van der Waals surface area contributed by atoms with Crippen LogP contribution in [0.3, 0.4) is 0 Å². The van der Waals surface area contributed by atoms with Gasteiger partial charge in [-0.05, 0) is 43.7 Å². The Morgan fingerprint density at radius 2 is 1.92 bits per heavy atom. The lowest BCUT2D eigenvalue weighted by atomic mass is 10.1. The van der Waals surface area contributed by atoms with Gasteiger partial charge in [0, 0.05) is 46.6 Å². The number of anilines is 1. The Balaban J connectivity index is 1.37. The summed E-state index contributed by atoms with van der Waals surface area (Å²) >= 11 is 1.31. The van der Waals surface area contributed by atoms with Crippen molar-refractivity contribution in [3.8, 4) is 10.6 Å². The molecule has 0 spiro atoms. The predicted molar refractivity (Wildman–Crippen MR) is 146 cm³/mol. The van der Waals surface area contributed by atoms with Gasteiger partial charge in [-0.1, -0.05) is 6.07 Å². The second kappa shape index (κ2) is 10.3. The van der Waals surface area contributed by atoms with Crippen LogP contribution in [0.25, 0.3) is 21.7 Å². The first-order chi connectivity index (χ1) is 18.1. The second-order valence-electron chi connectivity index (χ2n) is 10.3. The van der Waals surface area contributed by atoms with Gasteiger partial charge in [-0.3, -0.25) is 19.8 Å². The van der Waals surface area contributed by atoms with Crippen LogP contribution in [0.2, 0.25) is 0 Å². The first kappa shape index (κ1) is 26.1. The molecule has 38 heavy (non-hydrogen) atoms. The Kier molecular flexibility index (Phi) is 7.08. The number of hydrogen-bond acceptors (Lipinski definition) is 8. The zero-order chi connectivity index (χ0) is 27.0. The van der Waals surface area contributed by atoms with Crippen molar-refractivity contribution >= 4 is 40.1 Å². The Morgan fingerprint density at radius 1 is 1.16 bits per heavy atom. The molecule has 10 nitrogen and oxygen atoms in total. The van der Waals surface area contributed by atoms with E-state index in [9.17, 15) is 14.7 Å². The van der Waals surface area contributed by atoms with Crippen molar-refractivity contribution in [2.45, 2.75) is 46.4 Å². The van der Waals surface area contributed by atoms with Gasteiger partial charge in [0.25, 0.3) is 5.91 Å². The van der Waals surface area contributed by atoms with Crippen LogP contribution in [0, 0.1) is 6.92 Å². The fourth-order valence-corrected chi connectivity index (χ4v) is 5.47. The number of imidazole rings is 1. The molecule has 1 aromatic carbocycles. The normalized spacial score (nSPS) is 14.8. The molecule has 1 saturated heterocycles. The van der Waals surface area contributed by atoms with Crippen LogP contribution in [-0.4, -0.2) is 73.0 Å². The van der Waals surface area contributed by atoms with Gasteiger partial charge in [0.15, 0.2) is 11.7 Å². The fourth-order valence-electron chi connectivity index (χ4n) is 4.63. The maximum atomic E-state index is 13.2. The third-order valence-corrected chi connectivity index (χ3v) is 7.60. The Labute approximate surface area is 224 Å². The molecule has 4 heterocycles. The number of carbonyl (C=O) groups excluding carboxylic acids is 2. The minimum absolute atomic E-state index is 0.116. The van der Waals surface area contributed by atoms with Crippen LogP contribution in [0.1, 0.15) is 41.9 Å². The van der Waals surface area contributed by atoms with Gasteiger partial charge in [-0.2, -0.15) is 0 Å². The van der Waals surface area contributed by atoms with E-state index in [0.717, 1.165) is 54.2 Å². The summed E-state index contributed by atoms with van der Waals surface area (Å²) in [6.07, 6.45) is 1.65. The molecular weight excluding hydrogens is 504 g/mol. The van der Waals surface area contributed by atoms with E-state index in [1.807, 2.05) is 27.7 Å². The summed E-state index contributed by atoms with van der Waals surface area (Å²) in [7, 11) is 0. The molecule has 1 aliphatic rings.